The zero-order valence-corrected chi connectivity index (χ0v) is 18.4. The lowest BCUT2D eigenvalue weighted by atomic mass is 9.84. The van der Waals surface area contributed by atoms with E-state index in [9.17, 15) is 27.7 Å². The maximum absolute atomic E-state index is 14.6. The van der Waals surface area contributed by atoms with Crippen molar-refractivity contribution in [1.29, 1.82) is 0 Å². The van der Waals surface area contributed by atoms with Gasteiger partial charge in [-0.15, -0.1) is 4.72 Å². The second-order valence-corrected chi connectivity index (χ2v) is 10.7. The van der Waals surface area contributed by atoms with Crippen LogP contribution >= 0.6 is 0 Å². The van der Waals surface area contributed by atoms with Gasteiger partial charge in [-0.1, -0.05) is 12.1 Å². The minimum Gasteiger partial charge on any atom is -0.598 e. The van der Waals surface area contributed by atoms with Gasteiger partial charge in [0.05, 0.1) is 5.54 Å². The summed E-state index contributed by atoms with van der Waals surface area (Å²) in [6.45, 7) is 8.97. The van der Waals surface area contributed by atoms with E-state index in [2.05, 4.69) is 4.72 Å². The first-order chi connectivity index (χ1) is 13.6. The number of benzene rings is 1. The van der Waals surface area contributed by atoms with Gasteiger partial charge < -0.3 is 14.0 Å². The fourth-order valence-electron chi connectivity index (χ4n) is 2.91. The van der Waals surface area contributed by atoms with Crippen LogP contribution < -0.4 is 4.72 Å². The highest BCUT2D eigenvalue weighted by Crippen LogP contribution is 2.34. The third-order valence-electron chi connectivity index (χ3n) is 4.43. The molecule has 1 aliphatic rings. The molecule has 30 heavy (non-hydrogen) atoms. The number of carbonyl (C=O) groups is 3. The first kappa shape index (κ1) is 24.2. The molecule has 0 spiro atoms. The Morgan fingerprint density at radius 3 is 2.20 bits per heavy atom. The van der Waals surface area contributed by atoms with Crippen LogP contribution in [0.5, 0.6) is 0 Å². The number of hydrogen-bond donors (Lipinski definition) is 1. The average molecular weight is 445 g/mol. The highest BCUT2D eigenvalue weighted by Gasteiger charge is 2.50. The highest BCUT2D eigenvalue weighted by molar-refractivity contribution is 7.90. The molecule has 1 heterocycles. The van der Waals surface area contributed by atoms with Crippen LogP contribution in [0, 0.1) is 17.6 Å². The van der Waals surface area contributed by atoms with Crippen molar-refractivity contribution in [2.45, 2.75) is 64.0 Å². The van der Waals surface area contributed by atoms with E-state index in [1.807, 2.05) is 0 Å². The van der Waals surface area contributed by atoms with Crippen LogP contribution in [0.1, 0.15) is 53.5 Å². The molecule has 166 valence electrons. The van der Waals surface area contributed by atoms with Crippen LogP contribution in [0.15, 0.2) is 18.2 Å². The molecule has 2 unspecified atom stereocenters. The molecule has 0 bridgehead atoms. The molecule has 1 aromatic carbocycles. The number of halogens is 2. The van der Waals surface area contributed by atoms with Crippen LogP contribution in [0.25, 0.3) is 0 Å². The normalized spacial score (nSPS) is 20.2. The van der Waals surface area contributed by atoms with Crippen LogP contribution in [-0.2, 0) is 40.8 Å². The van der Waals surface area contributed by atoms with Crippen molar-refractivity contribution >= 4 is 29.1 Å². The number of Topliss-reactive ketones (excluding diaryl/α,β-unsaturated/α-hetero) is 1. The summed E-state index contributed by atoms with van der Waals surface area (Å²) < 4.78 is 53.0. The quantitative estimate of drug-likeness (QED) is 0.408. The lowest BCUT2D eigenvalue weighted by Crippen LogP contribution is -2.54. The fraction of sp³-hybridized carbons (Fsp3) is 0.550. The van der Waals surface area contributed by atoms with E-state index in [1.165, 1.54) is 32.9 Å². The van der Waals surface area contributed by atoms with Gasteiger partial charge in [0.2, 0.25) is 5.92 Å². The number of esters is 2. The summed E-state index contributed by atoms with van der Waals surface area (Å²) in [6.07, 6.45) is -0.648. The van der Waals surface area contributed by atoms with Gasteiger partial charge >= 0.3 is 11.9 Å². The van der Waals surface area contributed by atoms with Gasteiger partial charge in [0.25, 0.3) is 5.79 Å². The van der Waals surface area contributed by atoms with Crippen molar-refractivity contribution in [3.05, 3.63) is 35.4 Å². The molecule has 0 radical (unpaired) electrons. The number of ether oxygens (including phenoxy) is 2. The molecule has 1 aliphatic heterocycles. The summed E-state index contributed by atoms with van der Waals surface area (Å²) >= 11 is -1.80. The summed E-state index contributed by atoms with van der Waals surface area (Å²) in [5.41, 5.74) is -1.97. The largest absolute Gasteiger partial charge is 0.598 e. The monoisotopic (exact) mass is 445 g/mol. The van der Waals surface area contributed by atoms with Crippen molar-refractivity contribution in [2.75, 3.05) is 0 Å². The number of carbonyl (C=O) groups excluding carboxylic acids is 3. The third kappa shape index (κ3) is 5.16. The molecule has 0 saturated carbocycles. The van der Waals surface area contributed by atoms with Crippen molar-refractivity contribution in [1.82, 2.24) is 4.72 Å². The molecule has 10 heteroatoms. The van der Waals surface area contributed by atoms with Gasteiger partial charge in [0.15, 0.2) is 17.4 Å². The van der Waals surface area contributed by atoms with Crippen molar-refractivity contribution in [3.63, 3.8) is 0 Å². The maximum Gasteiger partial charge on any atom is 0.331 e. The number of nitrogens with one attached hydrogen (secondary N) is 1. The fourth-order valence-corrected chi connectivity index (χ4v) is 3.80. The first-order valence-corrected chi connectivity index (χ1v) is 10.3. The number of ketones is 1. The minimum absolute atomic E-state index is 0.272. The molecule has 1 N–H and O–H groups in total. The second-order valence-electron chi connectivity index (χ2n) is 8.73. The highest BCUT2D eigenvalue weighted by atomic mass is 32.2. The predicted octanol–water partition coefficient (Wildman–Crippen LogP) is 2.64. The molecule has 0 aliphatic carbocycles. The molecule has 7 nitrogen and oxygen atoms in total. The van der Waals surface area contributed by atoms with Gasteiger partial charge in [-0.05, 0) is 33.8 Å². The molecular weight excluding hydrogens is 420 g/mol. The van der Waals surface area contributed by atoms with Crippen LogP contribution in [0.4, 0.5) is 8.78 Å². The van der Waals surface area contributed by atoms with E-state index in [1.54, 1.807) is 20.8 Å². The molecule has 0 aromatic heterocycles. The van der Waals surface area contributed by atoms with E-state index < -0.39 is 69.1 Å². The summed E-state index contributed by atoms with van der Waals surface area (Å²) in [7, 11) is 0. The topological polar surface area (TPSA) is 105 Å². The Kier molecular flexibility index (Phi) is 6.65. The second kappa shape index (κ2) is 8.24. The molecule has 1 fully saturated rings. The van der Waals surface area contributed by atoms with E-state index in [0.717, 1.165) is 6.07 Å². The van der Waals surface area contributed by atoms with Gasteiger partial charge in [0, 0.05) is 37.2 Å². The Bertz CT molecular complexity index is 849. The number of cyclic esters (lactones) is 2. The lowest BCUT2D eigenvalue weighted by molar-refractivity contribution is -0.238. The van der Waals surface area contributed by atoms with E-state index >= 15 is 0 Å². The Balaban J connectivity index is 2.43. The minimum atomic E-state index is -1.88. The zero-order valence-electron chi connectivity index (χ0n) is 17.6. The van der Waals surface area contributed by atoms with E-state index in [0.29, 0.717) is 0 Å². The summed E-state index contributed by atoms with van der Waals surface area (Å²) in [5.74, 6) is -8.92. The van der Waals surface area contributed by atoms with Crippen LogP contribution in [0.2, 0.25) is 0 Å². The van der Waals surface area contributed by atoms with Gasteiger partial charge in [-0.25, -0.2) is 8.78 Å². The van der Waals surface area contributed by atoms with Crippen molar-refractivity contribution in [3.8, 4) is 0 Å². The lowest BCUT2D eigenvalue weighted by Gasteiger charge is -2.36. The van der Waals surface area contributed by atoms with Gasteiger partial charge in [-0.2, -0.15) is 0 Å². The van der Waals surface area contributed by atoms with E-state index in [-0.39, 0.29) is 5.56 Å². The van der Waals surface area contributed by atoms with Crippen LogP contribution in [-0.4, -0.2) is 32.8 Å². The van der Waals surface area contributed by atoms with E-state index in [4.69, 9.17) is 9.47 Å². The average Bonchev–Trinajstić information content (AvgIpc) is 2.54. The Labute approximate surface area is 176 Å². The SMILES string of the molecule is CC1(C)OC(=O)C(C(=O)CC(C)(N[S+]([O-])C(C)(C)C)c2cccc(F)c2F)C(=O)O1. The molecule has 1 aromatic rings. The Morgan fingerprint density at radius 2 is 1.70 bits per heavy atom. The summed E-state index contributed by atoms with van der Waals surface area (Å²) in [4.78, 5) is 37.3. The molecule has 0 amide bonds. The molecule has 2 atom stereocenters. The Morgan fingerprint density at radius 1 is 1.17 bits per heavy atom. The van der Waals surface area contributed by atoms with Crippen molar-refractivity contribution < 1.29 is 37.2 Å². The van der Waals surface area contributed by atoms with Crippen molar-refractivity contribution in [2.24, 2.45) is 5.92 Å². The Hall–Kier alpha value is -2.04. The summed E-state index contributed by atoms with van der Waals surface area (Å²) in [6, 6.07) is 3.38. The van der Waals surface area contributed by atoms with Gasteiger partial charge in [-0.3, -0.25) is 14.4 Å². The number of hydrogen-bond acceptors (Lipinski definition) is 7. The number of rotatable bonds is 6. The summed E-state index contributed by atoms with van der Waals surface area (Å²) in [5, 5.41) is 0. The molecule has 2 rings (SSSR count). The van der Waals surface area contributed by atoms with Crippen LogP contribution in [0.3, 0.4) is 0 Å². The zero-order chi connectivity index (χ0) is 23.1. The van der Waals surface area contributed by atoms with Gasteiger partial charge in [0.1, 0.15) is 4.75 Å². The predicted molar refractivity (Wildman–Crippen MR) is 104 cm³/mol. The third-order valence-corrected chi connectivity index (χ3v) is 6.18. The maximum atomic E-state index is 14.6. The molecule has 1 saturated heterocycles. The molecular formula is C20H25F2NO6S. The first-order valence-electron chi connectivity index (χ1n) is 9.20. The smallest absolute Gasteiger partial charge is 0.331 e. The standard InChI is InChI=1S/C20H25F2NO6S/c1-18(2,3)30(27)23-20(6,11-8-7-9-12(21)15(11)22)10-13(24)14-16(25)28-19(4,5)29-17(14)26/h7-9,14,23H,10H2,1-6H3.